The number of carbonyl (C=O) groups is 1. The van der Waals surface area contributed by atoms with E-state index in [0.29, 0.717) is 18.9 Å². The molecule has 25 heavy (non-hydrogen) atoms. The summed E-state index contributed by atoms with van der Waals surface area (Å²) >= 11 is 0. The summed E-state index contributed by atoms with van der Waals surface area (Å²) in [7, 11) is 1.51. The van der Waals surface area contributed by atoms with Crippen LogP contribution in [0.5, 0.6) is 0 Å². The van der Waals surface area contributed by atoms with Gasteiger partial charge >= 0.3 is 0 Å². The van der Waals surface area contributed by atoms with E-state index in [1.165, 1.54) is 18.4 Å². The Morgan fingerprint density at radius 3 is 2.72 bits per heavy atom. The Morgan fingerprint density at radius 2 is 2.04 bits per heavy atom. The third kappa shape index (κ3) is 3.56. The molecule has 0 saturated carbocycles. The van der Waals surface area contributed by atoms with E-state index in [1.807, 2.05) is 41.9 Å². The quantitative estimate of drug-likeness (QED) is 0.850. The van der Waals surface area contributed by atoms with E-state index in [4.69, 9.17) is 4.74 Å². The minimum Gasteiger partial charge on any atom is -0.379 e. The molecule has 0 bridgehead atoms. The second kappa shape index (κ2) is 6.78. The van der Waals surface area contributed by atoms with E-state index in [0.717, 1.165) is 10.9 Å². The largest absolute Gasteiger partial charge is 0.379 e. The summed E-state index contributed by atoms with van der Waals surface area (Å²) in [5.74, 6) is -0.521. The lowest BCUT2D eigenvalue weighted by Crippen LogP contribution is -2.44. The summed E-state index contributed by atoms with van der Waals surface area (Å²) in [5.41, 5.74) is 1.52. The molecule has 1 saturated heterocycles. The zero-order valence-corrected chi connectivity index (χ0v) is 15.4. The molecular formula is C17H23N3O4S. The topological polar surface area (TPSA) is 80.6 Å². The highest BCUT2D eigenvalue weighted by molar-refractivity contribution is 7.89. The van der Waals surface area contributed by atoms with Crippen LogP contribution in [-0.2, 0) is 21.8 Å². The molecule has 0 spiro atoms. The van der Waals surface area contributed by atoms with Gasteiger partial charge in [0, 0.05) is 38.0 Å². The average molecular weight is 365 g/mol. The molecule has 0 unspecified atom stereocenters. The zero-order chi connectivity index (χ0) is 18.2. The van der Waals surface area contributed by atoms with Crippen molar-refractivity contribution in [1.29, 1.82) is 0 Å². The second-order valence-electron chi connectivity index (χ2n) is 6.59. The fourth-order valence-corrected chi connectivity index (χ4v) is 4.26. The lowest BCUT2D eigenvalue weighted by Gasteiger charge is -2.21. The summed E-state index contributed by atoms with van der Waals surface area (Å²) in [6.07, 6.45) is 0. The Morgan fingerprint density at radius 1 is 1.32 bits per heavy atom. The Kier molecular flexibility index (Phi) is 4.86. The molecule has 0 aliphatic carbocycles. The van der Waals surface area contributed by atoms with E-state index in [-0.39, 0.29) is 23.6 Å². The predicted octanol–water partition coefficient (Wildman–Crippen LogP) is 0.815. The number of aryl methyl sites for hydroxylation is 1. The number of fused-ring (bicyclic) bond motifs is 1. The van der Waals surface area contributed by atoms with Crippen LogP contribution in [0.15, 0.2) is 30.3 Å². The van der Waals surface area contributed by atoms with Crippen LogP contribution in [-0.4, -0.2) is 62.3 Å². The van der Waals surface area contributed by atoms with Crippen molar-refractivity contribution in [2.75, 3.05) is 33.1 Å². The molecule has 2 aromatic rings. The van der Waals surface area contributed by atoms with Gasteiger partial charge in [-0.25, -0.2) is 12.7 Å². The number of nitrogens with one attached hydrogen (secondary N) is 1. The fraction of sp³-hybridized carbons (Fsp3) is 0.471. The van der Waals surface area contributed by atoms with Crippen LogP contribution in [0, 0.1) is 5.92 Å². The van der Waals surface area contributed by atoms with Gasteiger partial charge in [-0.3, -0.25) is 4.79 Å². The van der Waals surface area contributed by atoms with Crippen LogP contribution >= 0.6 is 0 Å². The summed E-state index contributed by atoms with van der Waals surface area (Å²) in [6.45, 7) is 0.649. The van der Waals surface area contributed by atoms with Crippen LogP contribution < -0.4 is 5.32 Å². The van der Waals surface area contributed by atoms with Crippen LogP contribution in [0.4, 0.5) is 0 Å². The monoisotopic (exact) mass is 365 g/mol. The molecule has 3 rings (SSSR count). The lowest BCUT2D eigenvalue weighted by molar-refractivity contribution is 0.0918. The molecule has 1 N–H and O–H groups in total. The van der Waals surface area contributed by atoms with Gasteiger partial charge in [-0.15, -0.1) is 0 Å². The van der Waals surface area contributed by atoms with Crippen LogP contribution in [0.1, 0.15) is 10.5 Å². The van der Waals surface area contributed by atoms with Gasteiger partial charge in [-0.2, -0.15) is 0 Å². The van der Waals surface area contributed by atoms with Crippen LogP contribution in [0.2, 0.25) is 0 Å². The standard InChI is InChI=1S/C17H23N3O4S/c1-19(2)25(22,23)11-13-9-24-10-14(13)18-17(21)16-8-12-6-4-5-7-15(12)20(16)3/h4-8,13-14H,9-11H2,1-3H3,(H,18,21)/t13-,14+/m0/s1. The highest BCUT2D eigenvalue weighted by atomic mass is 32.2. The molecule has 0 radical (unpaired) electrons. The van der Waals surface area contributed by atoms with Crippen molar-refractivity contribution in [3.63, 3.8) is 0 Å². The van der Waals surface area contributed by atoms with E-state index < -0.39 is 10.0 Å². The molecule has 136 valence electrons. The predicted molar refractivity (Wildman–Crippen MR) is 96.0 cm³/mol. The van der Waals surface area contributed by atoms with Crippen molar-refractivity contribution in [2.45, 2.75) is 6.04 Å². The number of benzene rings is 1. The molecule has 1 amide bonds. The highest BCUT2D eigenvalue weighted by Gasteiger charge is 2.34. The van der Waals surface area contributed by atoms with Crippen LogP contribution in [0.25, 0.3) is 10.9 Å². The number of ether oxygens (including phenoxy) is 1. The fourth-order valence-electron chi connectivity index (χ4n) is 3.09. The minimum atomic E-state index is -3.35. The average Bonchev–Trinajstić information content (AvgIpc) is 3.12. The Hall–Kier alpha value is -1.90. The third-order valence-electron chi connectivity index (χ3n) is 4.68. The van der Waals surface area contributed by atoms with E-state index in [2.05, 4.69) is 5.32 Å². The first-order chi connectivity index (χ1) is 11.8. The molecule has 1 aliphatic heterocycles. The maximum Gasteiger partial charge on any atom is 0.268 e. The van der Waals surface area contributed by atoms with Crippen molar-refractivity contribution in [1.82, 2.24) is 14.2 Å². The summed E-state index contributed by atoms with van der Waals surface area (Å²) in [4.78, 5) is 12.7. The van der Waals surface area contributed by atoms with Gasteiger partial charge in [0.15, 0.2) is 0 Å². The summed E-state index contributed by atoms with van der Waals surface area (Å²) < 4.78 is 32.7. The summed E-state index contributed by atoms with van der Waals surface area (Å²) in [5, 5.41) is 3.93. The first-order valence-electron chi connectivity index (χ1n) is 8.13. The van der Waals surface area contributed by atoms with E-state index >= 15 is 0 Å². The Bertz CT molecular complexity index is 888. The molecule has 1 aliphatic rings. The van der Waals surface area contributed by atoms with Crippen molar-refractivity contribution in [3.05, 3.63) is 36.0 Å². The van der Waals surface area contributed by atoms with Gasteiger partial charge in [0.1, 0.15) is 5.69 Å². The molecule has 8 heteroatoms. The van der Waals surface area contributed by atoms with E-state index in [1.54, 1.807) is 0 Å². The van der Waals surface area contributed by atoms with Crippen molar-refractivity contribution < 1.29 is 17.9 Å². The molecule has 1 aromatic carbocycles. The smallest absolute Gasteiger partial charge is 0.268 e. The van der Waals surface area contributed by atoms with Crippen molar-refractivity contribution in [2.24, 2.45) is 13.0 Å². The number of nitrogens with zero attached hydrogens (tertiary/aromatic N) is 2. The number of sulfonamides is 1. The number of aromatic nitrogens is 1. The van der Waals surface area contributed by atoms with Gasteiger partial charge in [0.2, 0.25) is 10.0 Å². The number of rotatable bonds is 5. The van der Waals surface area contributed by atoms with Gasteiger partial charge in [-0.05, 0) is 12.1 Å². The number of hydrogen-bond acceptors (Lipinski definition) is 4. The van der Waals surface area contributed by atoms with Crippen molar-refractivity contribution >= 4 is 26.8 Å². The molecule has 1 fully saturated rings. The minimum absolute atomic E-state index is 0.0416. The maximum absolute atomic E-state index is 12.7. The highest BCUT2D eigenvalue weighted by Crippen LogP contribution is 2.21. The first kappa shape index (κ1) is 17.9. The van der Waals surface area contributed by atoms with Gasteiger partial charge in [0.05, 0.1) is 25.0 Å². The molecule has 2 heterocycles. The second-order valence-corrected chi connectivity index (χ2v) is 8.81. The SMILES string of the molecule is CN(C)S(=O)(=O)C[C@@H]1COC[C@H]1NC(=O)c1cc2ccccc2n1C. The first-order valence-corrected chi connectivity index (χ1v) is 9.74. The Balaban J connectivity index is 1.76. The number of hydrogen-bond donors (Lipinski definition) is 1. The normalized spacial score (nSPS) is 21.1. The molecule has 2 atom stereocenters. The Labute approximate surface area is 147 Å². The third-order valence-corrected chi connectivity index (χ3v) is 6.64. The maximum atomic E-state index is 12.7. The number of para-hydroxylation sites is 1. The molecule has 1 aromatic heterocycles. The van der Waals surface area contributed by atoms with E-state index in [9.17, 15) is 13.2 Å². The molecule has 7 nitrogen and oxygen atoms in total. The number of amides is 1. The molecular weight excluding hydrogens is 342 g/mol. The van der Waals surface area contributed by atoms with Crippen LogP contribution in [0.3, 0.4) is 0 Å². The van der Waals surface area contributed by atoms with Gasteiger partial charge in [-0.1, -0.05) is 18.2 Å². The van der Waals surface area contributed by atoms with Gasteiger partial charge in [0.25, 0.3) is 5.91 Å². The lowest BCUT2D eigenvalue weighted by atomic mass is 10.1. The number of carbonyl (C=O) groups excluding carboxylic acids is 1. The zero-order valence-electron chi connectivity index (χ0n) is 14.6. The van der Waals surface area contributed by atoms with Gasteiger partial charge < -0.3 is 14.6 Å². The summed E-state index contributed by atoms with van der Waals surface area (Å²) in [6, 6.07) is 9.29. The van der Waals surface area contributed by atoms with Crippen molar-refractivity contribution in [3.8, 4) is 0 Å².